The van der Waals surface area contributed by atoms with E-state index in [0.29, 0.717) is 18.7 Å². The average Bonchev–Trinajstić information content (AvgIpc) is 2.61. The molecule has 0 saturated heterocycles. The third-order valence-corrected chi connectivity index (χ3v) is 4.15. The summed E-state index contributed by atoms with van der Waals surface area (Å²) in [6.45, 7) is 2.29. The van der Waals surface area contributed by atoms with Crippen LogP contribution in [0.2, 0.25) is 0 Å². The van der Waals surface area contributed by atoms with Gasteiger partial charge in [-0.05, 0) is 37.8 Å². The summed E-state index contributed by atoms with van der Waals surface area (Å²) in [7, 11) is 0. The molecule has 2 aromatic rings. The van der Waals surface area contributed by atoms with Crippen LogP contribution in [0.25, 0.3) is 10.8 Å². The second kappa shape index (κ2) is 8.57. The highest BCUT2D eigenvalue weighted by Gasteiger charge is 2.27. The van der Waals surface area contributed by atoms with Crippen molar-refractivity contribution < 1.29 is 9.59 Å². The molecule has 0 bridgehead atoms. The average molecular weight is 327 g/mol. The molecule has 2 atom stereocenters. The van der Waals surface area contributed by atoms with E-state index >= 15 is 0 Å². The molecule has 4 N–H and O–H groups in total. The molecule has 0 aliphatic rings. The van der Waals surface area contributed by atoms with Crippen molar-refractivity contribution in [1.82, 2.24) is 0 Å². The van der Waals surface area contributed by atoms with Crippen molar-refractivity contribution in [3.63, 3.8) is 0 Å². The maximum Gasteiger partial charge on any atom is 0.244 e. The summed E-state index contributed by atoms with van der Waals surface area (Å²) in [4.78, 5) is 25.8. The molecule has 2 aromatic carbocycles. The fraction of sp³-hybridized carbons (Fsp3) is 0.368. The van der Waals surface area contributed by atoms with Gasteiger partial charge < -0.3 is 21.2 Å². The Kier molecular flexibility index (Phi) is 6.46. The van der Waals surface area contributed by atoms with Crippen molar-refractivity contribution in [2.75, 3.05) is 11.4 Å². The summed E-state index contributed by atoms with van der Waals surface area (Å²) in [5.74, 6) is -0.233. The third kappa shape index (κ3) is 3.99. The number of carbonyl (C=O) groups is 2. The van der Waals surface area contributed by atoms with Gasteiger partial charge in [-0.15, -0.1) is 0 Å². The second-order valence-corrected chi connectivity index (χ2v) is 5.97. The van der Waals surface area contributed by atoms with Crippen molar-refractivity contribution in [3.05, 3.63) is 42.5 Å². The van der Waals surface area contributed by atoms with Gasteiger partial charge >= 0.3 is 0 Å². The maximum absolute atomic E-state index is 12.9. The first-order valence-electron chi connectivity index (χ1n) is 8.32. The number of hydrogen-bond donors (Lipinski definition) is 2. The number of carbonyl (C=O) groups excluding carboxylic acids is 2. The van der Waals surface area contributed by atoms with Crippen molar-refractivity contribution in [1.29, 1.82) is 0 Å². The van der Waals surface area contributed by atoms with Crippen molar-refractivity contribution in [3.8, 4) is 0 Å². The molecule has 0 saturated carbocycles. The summed E-state index contributed by atoms with van der Waals surface area (Å²) >= 11 is 0. The molecule has 0 aliphatic carbocycles. The van der Waals surface area contributed by atoms with Crippen LogP contribution in [0.1, 0.15) is 26.2 Å². The lowest BCUT2D eigenvalue weighted by atomic mass is 10.0. The van der Waals surface area contributed by atoms with Crippen LogP contribution in [0, 0.1) is 0 Å². The zero-order valence-electron chi connectivity index (χ0n) is 14.0. The van der Waals surface area contributed by atoms with Gasteiger partial charge in [0.1, 0.15) is 6.29 Å². The SMILES string of the molecule is C[C@@H](C=O)N(C(=O)[C@@H](N)CCCCN)c1cccc2ccccc12. The molecule has 5 nitrogen and oxygen atoms in total. The van der Waals surface area contributed by atoms with Crippen molar-refractivity contribution in [2.24, 2.45) is 11.5 Å². The Hall–Kier alpha value is -2.24. The van der Waals surface area contributed by atoms with Gasteiger partial charge in [0, 0.05) is 5.39 Å². The van der Waals surface area contributed by atoms with E-state index in [1.807, 2.05) is 42.5 Å². The van der Waals surface area contributed by atoms with Crippen LogP contribution in [0.5, 0.6) is 0 Å². The van der Waals surface area contributed by atoms with E-state index in [-0.39, 0.29) is 5.91 Å². The van der Waals surface area contributed by atoms with Crippen LogP contribution in [-0.4, -0.2) is 30.8 Å². The first-order chi connectivity index (χ1) is 11.6. The molecule has 0 aromatic heterocycles. The Morgan fingerprint density at radius 2 is 1.88 bits per heavy atom. The molecule has 0 spiro atoms. The zero-order chi connectivity index (χ0) is 17.5. The van der Waals surface area contributed by atoms with Crippen LogP contribution >= 0.6 is 0 Å². The van der Waals surface area contributed by atoms with Crippen LogP contribution in [-0.2, 0) is 9.59 Å². The molecular weight excluding hydrogens is 302 g/mol. The van der Waals surface area contributed by atoms with E-state index < -0.39 is 12.1 Å². The summed E-state index contributed by atoms with van der Waals surface area (Å²) < 4.78 is 0. The fourth-order valence-corrected chi connectivity index (χ4v) is 2.83. The number of amides is 1. The molecule has 128 valence electrons. The Balaban J connectivity index is 2.37. The number of nitrogens with zero attached hydrogens (tertiary/aromatic N) is 1. The van der Waals surface area contributed by atoms with Gasteiger partial charge in [-0.25, -0.2) is 0 Å². The first kappa shape index (κ1) is 18.1. The van der Waals surface area contributed by atoms with Crippen molar-refractivity contribution >= 4 is 28.7 Å². The number of anilines is 1. The molecular formula is C19H25N3O2. The van der Waals surface area contributed by atoms with E-state index in [0.717, 1.165) is 29.9 Å². The van der Waals surface area contributed by atoms with Gasteiger partial charge in [-0.3, -0.25) is 4.79 Å². The Morgan fingerprint density at radius 3 is 2.58 bits per heavy atom. The molecule has 0 fully saturated rings. The Bertz CT molecular complexity index is 697. The minimum atomic E-state index is -0.641. The number of aldehydes is 1. The van der Waals surface area contributed by atoms with Crippen molar-refractivity contribution in [2.45, 2.75) is 38.3 Å². The molecule has 2 rings (SSSR count). The lowest BCUT2D eigenvalue weighted by molar-refractivity contribution is -0.122. The Morgan fingerprint density at radius 1 is 1.17 bits per heavy atom. The van der Waals surface area contributed by atoms with E-state index in [1.54, 1.807) is 6.92 Å². The molecule has 24 heavy (non-hydrogen) atoms. The highest BCUT2D eigenvalue weighted by atomic mass is 16.2. The number of hydrogen-bond acceptors (Lipinski definition) is 4. The van der Waals surface area contributed by atoms with E-state index in [2.05, 4.69) is 0 Å². The summed E-state index contributed by atoms with van der Waals surface area (Å²) in [5.41, 5.74) is 12.3. The number of nitrogens with two attached hydrogens (primary N) is 2. The normalized spacial score (nSPS) is 13.5. The quantitative estimate of drug-likeness (QED) is 0.574. The first-order valence-corrected chi connectivity index (χ1v) is 8.32. The standard InChI is InChI=1S/C19H25N3O2/c1-14(13-23)22(19(24)17(21)10-4-5-12-20)18-11-6-8-15-7-2-3-9-16(15)18/h2-3,6-9,11,13-14,17H,4-5,10,12,20-21H2,1H3/t14-,17-/m0/s1. The fourth-order valence-electron chi connectivity index (χ4n) is 2.83. The number of benzene rings is 2. The van der Waals surface area contributed by atoms with Gasteiger partial charge in [-0.2, -0.15) is 0 Å². The second-order valence-electron chi connectivity index (χ2n) is 5.97. The maximum atomic E-state index is 12.9. The van der Waals surface area contributed by atoms with Gasteiger partial charge in [-0.1, -0.05) is 42.8 Å². The van der Waals surface area contributed by atoms with Gasteiger partial charge in [0.15, 0.2) is 0 Å². The molecule has 0 aliphatic heterocycles. The highest BCUT2D eigenvalue weighted by molar-refractivity contribution is 6.07. The number of unbranched alkanes of at least 4 members (excludes halogenated alkanes) is 1. The molecule has 0 unspecified atom stereocenters. The predicted molar refractivity (Wildman–Crippen MR) is 97.8 cm³/mol. The highest BCUT2D eigenvalue weighted by Crippen LogP contribution is 2.28. The molecule has 1 amide bonds. The monoisotopic (exact) mass is 327 g/mol. The largest absolute Gasteiger partial charge is 0.330 e. The van der Waals surface area contributed by atoms with Crippen LogP contribution < -0.4 is 16.4 Å². The van der Waals surface area contributed by atoms with Crippen LogP contribution in [0.15, 0.2) is 42.5 Å². The van der Waals surface area contributed by atoms with Gasteiger partial charge in [0.05, 0.1) is 17.8 Å². The topological polar surface area (TPSA) is 89.4 Å². The van der Waals surface area contributed by atoms with E-state index in [9.17, 15) is 9.59 Å². The van der Waals surface area contributed by atoms with Crippen LogP contribution in [0.4, 0.5) is 5.69 Å². The molecule has 0 radical (unpaired) electrons. The van der Waals surface area contributed by atoms with Gasteiger partial charge in [0.2, 0.25) is 5.91 Å². The lowest BCUT2D eigenvalue weighted by Gasteiger charge is -2.29. The summed E-state index contributed by atoms with van der Waals surface area (Å²) in [6.07, 6.45) is 2.95. The third-order valence-electron chi connectivity index (χ3n) is 4.15. The molecule has 0 heterocycles. The minimum absolute atomic E-state index is 0.233. The van der Waals surface area contributed by atoms with E-state index in [4.69, 9.17) is 11.5 Å². The van der Waals surface area contributed by atoms with Gasteiger partial charge in [0.25, 0.3) is 0 Å². The Labute approximate surface area is 142 Å². The predicted octanol–water partition coefficient (Wildman–Crippen LogP) is 2.22. The minimum Gasteiger partial charge on any atom is -0.330 e. The lowest BCUT2D eigenvalue weighted by Crippen LogP contribution is -2.48. The summed E-state index contributed by atoms with van der Waals surface area (Å²) in [5, 5.41) is 1.94. The zero-order valence-corrected chi connectivity index (χ0v) is 14.0. The summed E-state index contributed by atoms with van der Waals surface area (Å²) in [6, 6.07) is 12.3. The molecule has 5 heteroatoms. The van der Waals surface area contributed by atoms with E-state index in [1.165, 1.54) is 4.90 Å². The van der Waals surface area contributed by atoms with Crippen LogP contribution in [0.3, 0.4) is 0 Å². The number of fused-ring (bicyclic) bond motifs is 1. The smallest absolute Gasteiger partial charge is 0.244 e. The number of rotatable bonds is 8.